The normalized spacial score (nSPS) is 10.3. The molecule has 2 rings (SSSR count). The van der Waals surface area contributed by atoms with Crippen molar-refractivity contribution >= 4 is 6.03 Å². The summed E-state index contributed by atoms with van der Waals surface area (Å²) in [5.74, 6) is 0.793. The summed E-state index contributed by atoms with van der Waals surface area (Å²) in [6.45, 7) is 1.93. The monoisotopic (exact) mass is 318 g/mol. The molecule has 0 aliphatic carbocycles. The molecule has 6 nitrogen and oxygen atoms in total. The first-order valence-electron chi connectivity index (χ1n) is 7.38. The number of urea groups is 1. The van der Waals surface area contributed by atoms with Crippen molar-refractivity contribution in [2.45, 2.75) is 13.1 Å². The molecule has 124 valence electrons. The molecule has 2 amide bonds. The number of nitrogens with zero attached hydrogens (tertiary/aromatic N) is 1. The number of furan rings is 1. The van der Waals surface area contributed by atoms with Gasteiger partial charge >= 0.3 is 6.03 Å². The van der Waals surface area contributed by atoms with Crippen LogP contribution in [-0.4, -0.2) is 38.3 Å². The van der Waals surface area contributed by atoms with Gasteiger partial charge in [0, 0.05) is 25.8 Å². The number of carbonyl (C=O) groups is 1. The third-order valence-corrected chi connectivity index (χ3v) is 3.41. The Morgan fingerprint density at radius 2 is 1.96 bits per heavy atom. The number of carbonyl (C=O) groups excluding carboxylic acids is 1. The number of methoxy groups -OCH3 is 2. The maximum atomic E-state index is 12.4. The molecule has 0 atom stereocenters. The molecule has 0 saturated heterocycles. The average Bonchev–Trinajstić information content (AvgIpc) is 3.10. The van der Waals surface area contributed by atoms with E-state index in [4.69, 9.17) is 13.9 Å². The van der Waals surface area contributed by atoms with E-state index in [1.807, 2.05) is 30.3 Å². The third-order valence-electron chi connectivity index (χ3n) is 3.41. The molecule has 1 heterocycles. The van der Waals surface area contributed by atoms with Gasteiger partial charge < -0.3 is 24.1 Å². The fraction of sp³-hybridized carbons (Fsp3) is 0.353. The van der Waals surface area contributed by atoms with Crippen LogP contribution in [0.3, 0.4) is 0 Å². The summed E-state index contributed by atoms with van der Waals surface area (Å²) in [7, 11) is 3.24. The van der Waals surface area contributed by atoms with Crippen molar-refractivity contribution in [1.29, 1.82) is 0 Å². The molecule has 0 saturated carbocycles. The van der Waals surface area contributed by atoms with E-state index < -0.39 is 0 Å². The second-order valence-corrected chi connectivity index (χ2v) is 5.05. The number of nitrogens with one attached hydrogen (secondary N) is 1. The Morgan fingerprint density at radius 1 is 1.17 bits per heavy atom. The molecule has 0 spiro atoms. The Bertz CT molecular complexity index is 581. The highest BCUT2D eigenvalue weighted by molar-refractivity contribution is 5.74. The van der Waals surface area contributed by atoms with Gasteiger partial charge in [0.2, 0.25) is 0 Å². The Hall–Kier alpha value is -2.47. The van der Waals surface area contributed by atoms with E-state index in [0.717, 1.165) is 16.9 Å². The molecule has 0 aliphatic heterocycles. The van der Waals surface area contributed by atoms with Crippen LogP contribution in [0.4, 0.5) is 4.79 Å². The number of ether oxygens (including phenoxy) is 2. The van der Waals surface area contributed by atoms with Crippen LogP contribution in [0.25, 0.3) is 0 Å². The van der Waals surface area contributed by atoms with Crippen molar-refractivity contribution in [3.8, 4) is 5.75 Å². The van der Waals surface area contributed by atoms with E-state index in [1.165, 1.54) is 0 Å². The smallest absolute Gasteiger partial charge is 0.318 e. The first kappa shape index (κ1) is 16.9. The van der Waals surface area contributed by atoms with E-state index in [-0.39, 0.29) is 6.03 Å². The van der Waals surface area contributed by atoms with E-state index in [0.29, 0.717) is 26.2 Å². The summed E-state index contributed by atoms with van der Waals surface area (Å²) in [6.07, 6.45) is 3.23. The van der Waals surface area contributed by atoms with Crippen LogP contribution in [0, 0.1) is 0 Å². The van der Waals surface area contributed by atoms with E-state index in [2.05, 4.69) is 5.32 Å². The molecule has 1 N–H and O–H groups in total. The minimum Gasteiger partial charge on any atom is -0.497 e. The number of rotatable bonds is 8. The summed E-state index contributed by atoms with van der Waals surface area (Å²) in [6, 6.07) is 9.30. The van der Waals surface area contributed by atoms with E-state index in [9.17, 15) is 4.79 Å². The second-order valence-electron chi connectivity index (χ2n) is 5.05. The summed E-state index contributed by atoms with van der Waals surface area (Å²) < 4.78 is 15.2. The molecule has 2 aromatic rings. The summed E-state index contributed by atoms with van der Waals surface area (Å²) in [4.78, 5) is 14.1. The van der Waals surface area contributed by atoms with Gasteiger partial charge in [-0.3, -0.25) is 0 Å². The van der Waals surface area contributed by atoms with Crippen LogP contribution < -0.4 is 10.1 Å². The first-order valence-corrected chi connectivity index (χ1v) is 7.38. The quantitative estimate of drug-likeness (QED) is 0.813. The minimum atomic E-state index is -0.140. The van der Waals surface area contributed by atoms with Crippen molar-refractivity contribution in [1.82, 2.24) is 10.2 Å². The molecule has 23 heavy (non-hydrogen) atoms. The van der Waals surface area contributed by atoms with Crippen LogP contribution in [0.2, 0.25) is 0 Å². The standard InChI is InChI=1S/C17H22N2O4/c1-21-10-8-19(12-15-7-9-23-13-15)17(20)18-11-14-3-5-16(22-2)6-4-14/h3-7,9,13H,8,10-12H2,1-2H3,(H,18,20). The molecule has 1 aromatic carbocycles. The van der Waals surface area contributed by atoms with Crippen LogP contribution in [0.1, 0.15) is 11.1 Å². The van der Waals surface area contributed by atoms with Crippen molar-refractivity contribution < 1.29 is 18.7 Å². The largest absolute Gasteiger partial charge is 0.497 e. The highest BCUT2D eigenvalue weighted by atomic mass is 16.5. The zero-order valence-electron chi connectivity index (χ0n) is 13.5. The number of hydrogen-bond donors (Lipinski definition) is 1. The molecule has 0 bridgehead atoms. The zero-order valence-corrected chi connectivity index (χ0v) is 13.5. The Balaban J connectivity index is 1.90. The van der Waals surface area contributed by atoms with Gasteiger partial charge in [-0.1, -0.05) is 12.1 Å². The van der Waals surface area contributed by atoms with Crippen molar-refractivity contribution in [3.63, 3.8) is 0 Å². The predicted molar refractivity (Wildman–Crippen MR) is 86.2 cm³/mol. The second kappa shape index (κ2) is 8.85. The lowest BCUT2D eigenvalue weighted by atomic mass is 10.2. The molecule has 0 aliphatic rings. The van der Waals surface area contributed by atoms with Crippen LogP contribution in [0.5, 0.6) is 5.75 Å². The average molecular weight is 318 g/mol. The van der Waals surface area contributed by atoms with Gasteiger partial charge in [-0.05, 0) is 23.8 Å². The lowest BCUT2D eigenvalue weighted by Gasteiger charge is -2.22. The predicted octanol–water partition coefficient (Wildman–Crippen LogP) is 2.65. The van der Waals surface area contributed by atoms with Gasteiger partial charge in [-0.15, -0.1) is 0 Å². The summed E-state index contributed by atoms with van der Waals surface area (Å²) >= 11 is 0. The molecular formula is C17H22N2O4. The van der Waals surface area contributed by atoms with Gasteiger partial charge in [0.1, 0.15) is 5.75 Å². The van der Waals surface area contributed by atoms with Gasteiger partial charge in [0.25, 0.3) is 0 Å². The van der Waals surface area contributed by atoms with Crippen LogP contribution in [0.15, 0.2) is 47.3 Å². The molecule has 0 radical (unpaired) electrons. The highest BCUT2D eigenvalue weighted by Gasteiger charge is 2.14. The number of amides is 2. The first-order chi connectivity index (χ1) is 11.2. The Kier molecular flexibility index (Phi) is 6.50. The van der Waals surface area contributed by atoms with Gasteiger partial charge in [-0.25, -0.2) is 4.79 Å². The maximum Gasteiger partial charge on any atom is 0.318 e. The lowest BCUT2D eigenvalue weighted by Crippen LogP contribution is -2.40. The minimum absolute atomic E-state index is 0.140. The SMILES string of the molecule is COCCN(Cc1ccoc1)C(=O)NCc1ccc(OC)cc1. The number of benzene rings is 1. The van der Waals surface area contributed by atoms with Gasteiger partial charge in [0.05, 0.1) is 32.8 Å². The van der Waals surface area contributed by atoms with Gasteiger partial charge in [-0.2, -0.15) is 0 Å². The van der Waals surface area contributed by atoms with Crippen molar-refractivity contribution in [2.75, 3.05) is 27.4 Å². The highest BCUT2D eigenvalue weighted by Crippen LogP contribution is 2.11. The molecular weight excluding hydrogens is 296 g/mol. The molecule has 0 unspecified atom stereocenters. The molecule has 0 fully saturated rings. The summed E-state index contributed by atoms with van der Waals surface area (Å²) in [5, 5.41) is 2.92. The lowest BCUT2D eigenvalue weighted by molar-refractivity contribution is 0.146. The topological polar surface area (TPSA) is 63.9 Å². The zero-order chi connectivity index (χ0) is 16.5. The third kappa shape index (κ3) is 5.34. The van der Waals surface area contributed by atoms with Crippen LogP contribution in [-0.2, 0) is 17.8 Å². The van der Waals surface area contributed by atoms with E-state index in [1.54, 1.807) is 31.6 Å². The Labute approximate surface area is 136 Å². The maximum absolute atomic E-state index is 12.4. The fourth-order valence-corrected chi connectivity index (χ4v) is 2.09. The van der Waals surface area contributed by atoms with Crippen LogP contribution >= 0.6 is 0 Å². The van der Waals surface area contributed by atoms with Gasteiger partial charge in [0.15, 0.2) is 0 Å². The molecule has 1 aromatic heterocycles. The van der Waals surface area contributed by atoms with Crippen molar-refractivity contribution in [3.05, 3.63) is 54.0 Å². The number of hydrogen-bond acceptors (Lipinski definition) is 4. The molecule has 6 heteroatoms. The van der Waals surface area contributed by atoms with E-state index >= 15 is 0 Å². The fourth-order valence-electron chi connectivity index (χ4n) is 2.09. The summed E-state index contributed by atoms with van der Waals surface area (Å²) in [5.41, 5.74) is 1.95. The Morgan fingerprint density at radius 3 is 2.57 bits per heavy atom. The van der Waals surface area contributed by atoms with Crippen molar-refractivity contribution in [2.24, 2.45) is 0 Å².